The number of amides is 1. The van der Waals surface area contributed by atoms with Gasteiger partial charge in [-0.25, -0.2) is 8.42 Å². The zero-order valence-corrected chi connectivity index (χ0v) is 13.6. The highest BCUT2D eigenvalue weighted by atomic mass is 35.5. The molecule has 0 aromatic heterocycles. The van der Waals surface area contributed by atoms with E-state index >= 15 is 0 Å². The Labute approximate surface area is 135 Å². The van der Waals surface area contributed by atoms with Crippen molar-refractivity contribution < 1.29 is 13.2 Å². The normalized spacial score (nSPS) is 12.6. The summed E-state index contributed by atoms with van der Waals surface area (Å²) in [6.45, 7) is 1.66. The van der Waals surface area contributed by atoms with Crippen LogP contribution in [0.25, 0.3) is 0 Å². The molecule has 0 saturated heterocycles. The zero-order valence-electron chi connectivity index (χ0n) is 12.0. The molecule has 22 heavy (non-hydrogen) atoms. The summed E-state index contributed by atoms with van der Waals surface area (Å²) in [7, 11) is -3.76. The fraction of sp³-hybridized carbons (Fsp3) is 0.188. The molecule has 1 N–H and O–H groups in total. The Balaban J connectivity index is 2.09. The van der Waals surface area contributed by atoms with Crippen LogP contribution in [0.3, 0.4) is 0 Å². The van der Waals surface area contributed by atoms with Gasteiger partial charge in [0.05, 0.1) is 4.90 Å². The summed E-state index contributed by atoms with van der Waals surface area (Å²) in [5.41, 5.74) is 0.906. The first-order valence-electron chi connectivity index (χ1n) is 6.72. The van der Waals surface area contributed by atoms with Crippen LogP contribution in [0.2, 0.25) is 5.02 Å². The number of carbonyl (C=O) groups is 1. The molecule has 6 heteroatoms. The van der Waals surface area contributed by atoms with Crippen molar-refractivity contribution in [3.8, 4) is 0 Å². The highest BCUT2D eigenvalue weighted by Crippen LogP contribution is 2.20. The molecule has 4 nitrogen and oxygen atoms in total. The van der Waals surface area contributed by atoms with Crippen molar-refractivity contribution in [2.24, 2.45) is 0 Å². The molecule has 2 aromatic carbocycles. The fourth-order valence-electron chi connectivity index (χ4n) is 1.92. The number of hydrogen-bond acceptors (Lipinski definition) is 3. The molecule has 116 valence electrons. The maximum Gasteiger partial charge on any atom is 0.238 e. The van der Waals surface area contributed by atoms with Crippen LogP contribution in [0, 0.1) is 0 Å². The van der Waals surface area contributed by atoms with Crippen molar-refractivity contribution in [2.45, 2.75) is 23.6 Å². The molecule has 0 radical (unpaired) electrons. The van der Waals surface area contributed by atoms with Gasteiger partial charge in [0, 0.05) is 11.6 Å². The summed E-state index contributed by atoms with van der Waals surface area (Å²) >= 11 is 5.81. The van der Waals surface area contributed by atoms with Gasteiger partial charge in [0.25, 0.3) is 0 Å². The van der Waals surface area contributed by atoms with E-state index in [4.69, 9.17) is 11.6 Å². The summed E-state index contributed by atoms with van der Waals surface area (Å²) < 4.78 is 24.8. The number of halogens is 1. The maximum absolute atomic E-state index is 12.4. The van der Waals surface area contributed by atoms with E-state index in [9.17, 15) is 13.2 Å². The fourth-order valence-corrected chi connectivity index (χ4v) is 3.51. The number of carbonyl (C=O) groups excluding carboxylic acids is 1. The second-order valence-corrected chi connectivity index (χ2v) is 7.55. The SMILES string of the molecule is C[C@@H](C(=O)NCc1ccccc1)S(=O)(=O)c1cccc(Cl)c1. The van der Waals surface area contributed by atoms with E-state index in [1.165, 1.54) is 19.1 Å². The van der Waals surface area contributed by atoms with E-state index in [-0.39, 0.29) is 11.4 Å². The molecule has 0 heterocycles. The Hall–Kier alpha value is -1.85. The topological polar surface area (TPSA) is 63.2 Å². The zero-order chi connectivity index (χ0) is 16.2. The molecular formula is C16H16ClNO3S. The van der Waals surface area contributed by atoms with Crippen LogP contribution in [-0.4, -0.2) is 19.6 Å². The first-order chi connectivity index (χ1) is 10.4. The van der Waals surface area contributed by atoms with Gasteiger partial charge >= 0.3 is 0 Å². The van der Waals surface area contributed by atoms with Gasteiger partial charge < -0.3 is 5.32 Å². The number of rotatable bonds is 5. The average molecular weight is 338 g/mol. The molecule has 2 rings (SSSR count). The Morgan fingerprint density at radius 3 is 2.45 bits per heavy atom. The monoisotopic (exact) mass is 337 g/mol. The predicted molar refractivity (Wildman–Crippen MR) is 86.4 cm³/mol. The van der Waals surface area contributed by atoms with Crippen LogP contribution in [0.15, 0.2) is 59.5 Å². The standard InChI is InChI=1S/C16H16ClNO3S/c1-12(16(19)18-11-13-6-3-2-4-7-13)22(20,21)15-9-5-8-14(17)10-15/h2-10,12H,11H2,1H3,(H,18,19)/t12-/m0/s1. The van der Waals surface area contributed by atoms with Gasteiger partial charge in [-0.05, 0) is 30.7 Å². The van der Waals surface area contributed by atoms with E-state index in [1.54, 1.807) is 12.1 Å². The first-order valence-corrected chi connectivity index (χ1v) is 8.65. The number of nitrogens with one attached hydrogen (secondary N) is 1. The Kier molecular flexibility index (Phi) is 5.21. The van der Waals surface area contributed by atoms with E-state index < -0.39 is 21.0 Å². The van der Waals surface area contributed by atoms with Crippen LogP contribution in [0.4, 0.5) is 0 Å². The van der Waals surface area contributed by atoms with Crippen molar-refractivity contribution in [3.05, 3.63) is 65.2 Å². The van der Waals surface area contributed by atoms with Crippen molar-refractivity contribution in [2.75, 3.05) is 0 Å². The van der Waals surface area contributed by atoms with Gasteiger partial charge in [0.2, 0.25) is 5.91 Å². The van der Waals surface area contributed by atoms with Crippen molar-refractivity contribution >= 4 is 27.3 Å². The lowest BCUT2D eigenvalue weighted by Crippen LogP contribution is -2.37. The third-order valence-electron chi connectivity index (χ3n) is 3.27. The Bertz CT molecular complexity index is 760. The van der Waals surface area contributed by atoms with E-state index in [2.05, 4.69) is 5.32 Å². The van der Waals surface area contributed by atoms with E-state index in [0.29, 0.717) is 5.02 Å². The highest BCUT2D eigenvalue weighted by molar-refractivity contribution is 7.92. The Morgan fingerprint density at radius 2 is 1.82 bits per heavy atom. The molecule has 0 aliphatic heterocycles. The third-order valence-corrected chi connectivity index (χ3v) is 5.56. The van der Waals surface area contributed by atoms with Crippen molar-refractivity contribution in [1.29, 1.82) is 0 Å². The number of benzene rings is 2. The molecule has 0 bridgehead atoms. The van der Waals surface area contributed by atoms with Gasteiger partial charge in [0.15, 0.2) is 9.84 Å². The second-order valence-electron chi connectivity index (χ2n) is 4.85. The molecule has 0 spiro atoms. The minimum Gasteiger partial charge on any atom is -0.351 e. The van der Waals surface area contributed by atoms with Crippen LogP contribution >= 0.6 is 11.6 Å². The summed E-state index contributed by atoms with van der Waals surface area (Å²) in [6, 6.07) is 15.2. The Morgan fingerprint density at radius 1 is 1.14 bits per heavy atom. The van der Waals surface area contributed by atoms with E-state index in [1.807, 2.05) is 30.3 Å². The van der Waals surface area contributed by atoms with Gasteiger partial charge in [0.1, 0.15) is 5.25 Å². The smallest absolute Gasteiger partial charge is 0.238 e. The van der Waals surface area contributed by atoms with Crippen LogP contribution in [0.5, 0.6) is 0 Å². The molecule has 0 saturated carbocycles. The van der Waals surface area contributed by atoms with E-state index in [0.717, 1.165) is 5.56 Å². The molecule has 0 aliphatic carbocycles. The molecule has 0 aliphatic rings. The van der Waals surface area contributed by atoms with Crippen molar-refractivity contribution in [3.63, 3.8) is 0 Å². The lowest BCUT2D eigenvalue weighted by Gasteiger charge is -2.13. The second kappa shape index (κ2) is 6.94. The number of hydrogen-bond donors (Lipinski definition) is 1. The quantitative estimate of drug-likeness (QED) is 0.912. The van der Waals surface area contributed by atoms with Gasteiger partial charge in [-0.1, -0.05) is 48.0 Å². The molecule has 1 amide bonds. The van der Waals surface area contributed by atoms with Gasteiger partial charge in [-0.15, -0.1) is 0 Å². The number of sulfone groups is 1. The predicted octanol–water partition coefficient (Wildman–Crippen LogP) is 2.82. The first kappa shape index (κ1) is 16.5. The lowest BCUT2D eigenvalue weighted by atomic mass is 10.2. The van der Waals surface area contributed by atoms with Gasteiger partial charge in [-0.2, -0.15) is 0 Å². The minimum atomic E-state index is -3.76. The summed E-state index contributed by atoms with van der Waals surface area (Å²) in [5.74, 6) is -0.538. The molecule has 2 aromatic rings. The van der Waals surface area contributed by atoms with Crippen LogP contribution in [0.1, 0.15) is 12.5 Å². The molecular weight excluding hydrogens is 322 g/mol. The molecule has 1 atom stereocenters. The lowest BCUT2D eigenvalue weighted by molar-refractivity contribution is -0.120. The minimum absolute atomic E-state index is 0.0439. The third kappa shape index (κ3) is 3.87. The summed E-state index contributed by atoms with van der Waals surface area (Å²) in [6.07, 6.45) is 0. The van der Waals surface area contributed by atoms with Crippen molar-refractivity contribution in [1.82, 2.24) is 5.32 Å². The molecule has 0 unspecified atom stereocenters. The largest absolute Gasteiger partial charge is 0.351 e. The summed E-state index contributed by atoms with van der Waals surface area (Å²) in [4.78, 5) is 12.1. The highest BCUT2D eigenvalue weighted by Gasteiger charge is 2.29. The van der Waals surface area contributed by atoms with Crippen LogP contribution in [-0.2, 0) is 21.2 Å². The molecule has 0 fully saturated rings. The average Bonchev–Trinajstić information content (AvgIpc) is 2.52. The van der Waals surface area contributed by atoms with Gasteiger partial charge in [-0.3, -0.25) is 4.79 Å². The van der Waals surface area contributed by atoms with Crippen LogP contribution < -0.4 is 5.32 Å². The summed E-state index contributed by atoms with van der Waals surface area (Å²) in [5, 5.41) is 1.77. The maximum atomic E-state index is 12.4.